The summed E-state index contributed by atoms with van der Waals surface area (Å²) in [6, 6.07) is 4.27. The van der Waals surface area contributed by atoms with Gasteiger partial charge in [-0.05, 0) is 37.6 Å². The zero-order valence-electron chi connectivity index (χ0n) is 16.0. The molecule has 2 rings (SSSR count). The first-order valence-corrected chi connectivity index (χ1v) is 10.1. The smallest absolute Gasteiger partial charge is 0.230 e. The molecule has 6 heteroatoms. The van der Waals surface area contributed by atoms with Crippen LogP contribution in [0, 0.1) is 5.41 Å². The number of hydrogen-bond donors (Lipinski definition) is 1. The van der Waals surface area contributed by atoms with Gasteiger partial charge in [0.1, 0.15) is 0 Å². The van der Waals surface area contributed by atoms with Crippen molar-refractivity contribution in [2.45, 2.75) is 39.0 Å². The van der Waals surface area contributed by atoms with Gasteiger partial charge in [0.15, 0.2) is 5.96 Å². The SMILES string of the molecule is CCNC(=NCC1(C(=O)N(C)C)CCCC1)N(C)CCc1cccs1. The van der Waals surface area contributed by atoms with E-state index >= 15 is 0 Å². The van der Waals surface area contributed by atoms with Crippen LogP contribution in [0.3, 0.4) is 0 Å². The molecule has 1 aromatic rings. The Bertz CT molecular complexity index is 562. The minimum atomic E-state index is -0.307. The average Bonchev–Trinajstić information content (AvgIpc) is 3.28. The molecule has 1 aliphatic rings. The Morgan fingerprint density at radius 3 is 2.60 bits per heavy atom. The maximum atomic E-state index is 12.7. The summed E-state index contributed by atoms with van der Waals surface area (Å²) in [5.74, 6) is 1.13. The van der Waals surface area contributed by atoms with Crippen molar-refractivity contribution in [2.24, 2.45) is 10.4 Å². The molecule has 1 aliphatic carbocycles. The van der Waals surface area contributed by atoms with Gasteiger partial charge in [-0.25, -0.2) is 0 Å². The lowest BCUT2D eigenvalue weighted by Crippen LogP contribution is -2.43. The number of amides is 1. The third kappa shape index (κ3) is 5.21. The van der Waals surface area contributed by atoms with Gasteiger partial charge >= 0.3 is 0 Å². The standard InChI is InChI=1S/C19H32N4OS/c1-5-20-18(23(4)13-10-16-9-8-14-25-16)21-15-19(11-6-7-12-19)17(24)22(2)3/h8-9,14H,5-7,10-13,15H2,1-4H3,(H,20,21). The number of nitrogens with one attached hydrogen (secondary N) is 1. The van der Waals surface area contributed by atoms with Crippen molar-refractivity contribution in [3.05, 3.63) is 22.4 Å². The van der Waals surface area contributed by atoms with Gasteiger partial charge in [0.2, 0.25) is 5.91 Å². The van der Waals surface area contributed by atoms with Crippen LogP contribution in [0.15, 0.2) is 22.5 Å². The molecule has 0 bridgehead atoms. The fourth-order valence-electron chi connectivity index (χ4n) is 3.50. The lowest BCUT2D eigenvalue weighted by atomic mass is 9.85. The number of hydrogen-bond acceptors (Lipinski definition) is 3. The number of likely N-dealkylation sites (N-methyl/N-ethyl adjacent to an activating group) is 1. The van der Waals surface area contributed by atoms with Crippen molar-refractivity contribution >= 4 is 23.2 Å². The van der Waals surface area contributed by atoms with Crippen molar-refractivity contribution < 1.29 is 4.79 Å². The summed E-state index contributed by atoms with van der Waals surface area (Å²) in [4.78, 5) is 22.9. The molecule has 1 amide bonds. The van der Waals surface area contributed by atoms with Crippen LogP contribution < -0.4 is 5.32 Å². The van der Waals surface area contributed by atoms with Gasteiger partial charge in [-0.3, -0.25) is 9.79 Å². The first kappa shape index (κ1) is 19.8. The van der Waals surface area contributed by atoms with Crippen molar-refractivity contribution in [1.82, 2.24) is 15.1 Å². The monoisotopic (exact) mass is 364 g/mol. The van der Waals surface area contributed by atoms with E-state index in [-0.39, 0.29) is 11.3 Å². The molecule has 0 radical (unpaired) electrons. The Balaban J connectivity index is 2.05. The minimum absolute atomic E-state index is 0.228. The molecule has 1 saturated carbocycles. The third-order valence-electron chi connectivity index (χ3n) is 4.92. The predicted molar refractivity (Wildman–Crippen MR) is 106 cm³/mol. The second-order valence-corrected chi connectivity index (χ2v) is 8.14. The topological polar surface area (TPSA) is 47.9 Å². The molecule has 0 atom stereocenters. The highest BCUT2D eigenvalue weighted by molar-refractivity contribution is 7.09. The molecule has 0 aliphatic heterocycles. The number of carbonyl (C=O) groups excluding carboxylic acids is 1. The van der Waals surface area contributed by atoms with Crippen LogP contribution in [0.4, 0.5) is 0 Å². The predicted octanol–water partition coefficient (Wildman–Crippen LogP) is 2.84. The average molecular weight is 365 g/mol. The molecular weight excluding hydrogens is 332 g/mol. The van der Waals surface area contributed by atoms with Crippen molar-refractivity contribution in [1.29, 1.82) is 0 Å². The van der Waals surface area contributed by atoms with Gasteiger partial charge < -0.3 is 15.1 Å². The Kier molecular flexibility index (Phi) is 7.29. The van der Waals surface area contributed by atoms with E-state index in [1.54, 1.807) is 16.2 Å². The van der Waals surface area contributed by atoms with E-state index in [4.69, 9.17) is 4.99 Å². The van der Waals surface area contributed by atoms with Crippen LogP contribution in [0.5, 0.6) is 0 Å². The Labute approximate surface area is 156 Å². The number of carbonyl (C=O) groups is 1. The zero-order valence-corrected chi connectivity index (χ0v) is 16.9. The summed E-state index contributed by atoms with van der Waals surface area (Å²) in [5, 5.41) is 5.49. The van der Waals surface area contributed by atoms with Crippen LogP contribution >= 0.6 is 11.3 Å². The van der Waals surface area contributed by atoms with E-state index < -0.39 is 0 Å². The van der Waals surface area contributed by atoms with E-state index in [0.29, 0.717) is 6.54 Å². The Morgan fingerprint density at radius 1 is 1.32 bits per heavy atom. The molecule has 140 valence electrons. The molecular formula is C19H32N4OS. The second kappa shape index (κ2) is 9.22. The molecule has 0 unspecified atom stereocenters. The Hall–Kier alpha value is -1.56. The van der Waals surface area contributed by atoms with E-state index in [0.717, 1.165) is 51.2 Å². The molecule has 0 aromatic carbocycles. The fourth-order valence-corrected chi connectivity index (χ4v) is 4.20. The quantitative estimate of drug-likeness (QED) is 0.598. The van der Waals surface area contributed by atoms with Crippen molar-refractivity contribution in [3.63, 3.8) is 0 Å². The largest absolute Gasteiger partial charge is 0.357 e. The first-order valence-electron chi connectivity index (χ1n) is 9.22. The second-order valence-electron chi connectivity index (χ2n) is 7.11. The van der Waals surface area contributed by atoms with E-state index in [1.807, 2.05) is 14.1 Å². The van der Waals surface area contributed by atoms with Crippen LogP contribution in [-0.2, 0) is 11.2 Å². The summed E-state index contributed by atoms with van der Waals surface area (Å²) in [7, 11) is 5.78. The van der Waals surface area contributed by atoms with Gasteiger partial charge in [0.25, 0.3) is 0 Å². The normalized spacial score (nSPS) is 16.7. The highest BCUT2D eigenvalue weighted by Crippen LogP contribution is 2.39. The number of thiophene rings is 1. The maximum absolute atomic E-state index is 12.7. The van der Waals surface area contributed by atoms with Crippen LogP contribution in [0.25, 0.3) is 0 Å². The number of guanidine groups is 1. The van der Waals surface area contributed by atoms with Gasteiger partial charge in [0.05, 0.1) is 12.0 Å². The molecule has 0 spiro atoms. The van der Waals surface area contributed by atoms with Gasteiger partial charge in [-0.1, -0.05) is 18.9 Å². The minimum Gasteiger partial charge on any atom is -0.357 e. The van der Waals surface area contributed by atoms with Crippen LogP contribution in [0.1, 0.15) is 37.5 Å². The van der Waals surface area contributed by atoms with Crippen molar-refractivity contribution in [3.8, 4) is 0 Å². The summed E-state index contributed by atoms with van der Waals surface area (Å²) in [6.45, 7) is 4.41. The molecule has 1 fully saturated rings. The molecule has 1 aromatic heterocycles. The number of aliphatic imine (C=N–C) groups is 1. The fraction of sp³-hybridized carbons (Fsp3) is 0.684. The van der Waals surface area contributed by atoms with Crippen LogP contribution in [0.2, 0.25) is 0 Å². The summed E-state index contributed by atoms with van der Waals surface area (Å²) in [5.41, 5.74) is -0.307. The number of nitrogens with zero attached hydrogens (tertiary/aromatic N) is 3. The van der Waals surface area contributed by atoms with Gasteiger partial charge in [0, 0.05) is 39.1 Å². The first-order chi connectivity index (χ1) is 12.0. The van der Waals surface area contributed by atoms with Crippen LogP contribution in [-0.4, -0.2) is 62.4 Å². The molecule has 1 N–H and O–H groups in total. The molecule has 5 nitrogen and oxygen atoms in total. The summed E-state index contributed by atoms with van der Waals surface area (Å²) >= 11 is 1.79. The zero-order chi connectivity index (χ0) is 18.3. The highest BCUT2D eigenvalue weighted by atomic mass is 32.1. The Morgan fingerprint density at radius 2 is 2.04 bits per heavy atom. The molecule has 0 saturated heterocycles. The summed E-state index contributed by atoms with van der Waals surface area (Å²) < 4.78 is 0. The van der Waals surface area contributed by atoms with Gasteiger partial charge in [-0.2, -0.15) is 0 Å². The van der Waals surface area contributed by atoms with Gasteiger partial charge in [-0.15, -0.1) is 11.3 Å². The molecule has 1 heterocycles. The number of rotatable bonds is 7. The van der Waals surface area contributed by atoms with E-state index in [2.05, 4.69) is 41.7 Å². The van der Waals surface area contributed by atoms with Crippen molar-refractivity contribution in [2.75, 3.05) is 40.8 Å². The molecule has 25 heavy (non-hydrogen) atoms. The highest BCUT2D eigenvalue weighted by Gasteiger charge is 2.42. The lowest BCUT2D eigenvalue weighted by molar-refractivity contribution is -0.138. The maximum Gasteiger partial charge on any atom is 0.230 e. The summed E-state index contributed by atoms with van der Waals surface area (Å²) in [6.07, 6.45) is 5.16. The third-order valence-corrected chi connectivity index (χ3v) is 5.86. The van der Waals surface area contributed by atoms with E-state index in [1.165, 1.54) is 4.88 Å². The lowest BCUT2D eigenvalue weighted by Gasteiger charge is -2.30. The van der Waals surface area contributed by atoms with E-state index in [9.17, 15) is 4.79 Å².